The van der Waals surface area contributed by atoms with Gasteiger partial charge in [-0.3, -0.25) is 9.59 Å². The van der Waals surface area contributed by atoms with Crippen LogP contribution in [0, 0.1) is 6.92 Å². The largest absolute Gasteiger partial charge is 0.340 e. The highest BCUT2D eigenvalue weighted by molar-refractivity contribution is 6.35. The number of anilines is 1. The molecule has 7 nitrogen and oxygen atoms in total. The number of nitrogens with zero attached hydrogens (tertiary/aromatic N) is 4. The van der Waals surface area contributed by atoms with Crippen LogP contribution in [0.15, 0.2) is 30.6 Å². The van der Waals surface area contributed by atoms with Crippen LogP contribution in [-0.2, 0) is 0 Å². The lowest BCUT2D eigenvalue weighted by atomic mass is 10.1. The van der Waals surface area contributed by atoms with Gasteiger partial charge in [-0.25, -0.2) is 19.9 Å². The molecule has 1 aromatic carbocycles. The van der Waals surface area contributed by atoms with Gasteiger partial charge in [-0.05, 0) is 19.1 Å². The number of rotatable bonds is 1. The lowest BCUT2D eigenvalue weighted by molar-refractivity contribution is 0.0925. The molecule has 2 aromatic heterocycles. The van der Waals surface area contributed by atoms with E-state index in [2.05, 4.69) is 19.9 Å². The third-order valence-corrected chi connectivity index (χ3v) is 3.38. The van der Waals surface area contributed by atoms with Gasteiger partial charge in [0.05, 0.1) is 17.5 Å². The van der Waals surface area contributed by atoms with E-state index in [-0.39, 0.29) is 17.6 Å². The van der Waals surface area contributed by atoms with E-state index in [1.54, 1.807) is 31.2 Å². The van der Waals surface area contributed by atoms with Gasteiger partial charge in [-0.2, -0.15) is 0 Å². The van der Waals surface area contributed by atoms with Crippen molar-refractivity contribution < 1.29 is 9.59 Å². The zero-order valence-electron chi connectivity index (χ0n) is 11.0. The van der Waals surface area contributed by atoms with Crippen LogP contribution in [0.2, 0.25) is 0 Å². The average Bonchev–Trinajstić information content (AvgIpc) is 3.03. The number of aromatic nitrogens is 4. The fourth-order valence-corrected chi connectivity index (χ4v) is 2.47. The van der Waals surface area contributed by atoms with Crippen LogP contribution in [-0.4, -0.2) is 31.8 Å². The van der Waals surface area contributed by atoms with E-state index in [1.165, 1.54) is 6.33 Å². The quantitative estimate of drug-likeness (QED) is 0.681. The highest BCUT2D eigenvalue weighted by atomic mass is 16.2. The Labute approximate surface area is 118 Å². The van der Waals surface area contributed by atoms with Gasteiger partial charge in [0.2, 0.25) is 0 Å². The molecule has 0 bridgehead atoms. The SMILES string of the molecule is Cc1nc(N2C(=O)c3ccccc3C2=O)c2[nH]cnc2n1. The van der Waals surface area contributed by atoms with E-state index < -0.39 is 0 Å². The average molecular weight is 279 g/mol. The highest BCUT2D eigenvalue weighted by Gasteiger charge is 2.38. The molecule has 1 aliphatic heterocycles. The highest BCUT2D eigenvalue weighted by Crippen LogP contribution is 2.30. The molecule has 7 heteroatoms. The van der Waals surface area contributed by atoms with Crippen molar-refractivity contribution in [3.8, 4) is 0 Å². The molecule has 0 unspecified atom stereocenters. The Bertz CT molecular complexity index is 880. The second-order valence-corrected chi connectivity index (χ2v) is 4.69. The van der Waals surface area contributed by atoms with Gasteiger partial charge in [-0.1, -0.05) is 12.1 Å². The first kappa shape index (κ1) is 11.7. The molecular weight excluding hydrogens is 270 g/mol. The number of H-pyrrole nitrogens is 1. The van der Waals surface area contributed by atoms with Gasteiger partial charge in [-0.15, -0.1) is 0 Å². The normalized spacial score (nSPS) is 14.0. The number of benzene rings is 1. The van der Waals surface area contributed by atoms with Gasteiger partial charge in [0.25, 0.3) is 11.8 Å². The summed E-state index contributed by atoms with van der Waals surface area (Å²) >= 11 is 0. The van der Waals surface area contributed by atoms with Gasteiger partial charge in [0, 0.05) is 0 Å². The Morgan fingerprint density at radius 1 is 1.05 bits per heavy atom. The van der Waals surface area contributed by atoms with Crippen LogP contribution in [0.3, 0.4) is 0 Å². The lowest BCUT2D eigenvalue weighted by Gasteiger charge is -2.13. The Balaban J connectivity index is 1.97. The maximum absolute atomic E-state index is 12.5. The zero-order valence-corrected chi connectivity index (χ0v) is 11.0. The van der Waals surface area contributed by atoms with Crippen molar-refractivity contribution >= 4 is 28.8 Å². The first-order valence-electron chi connectivity index (χ1n) is 6.32. The van der Waals surface area contributed by atoms with Crippen molar-refractivity contribution in [3.63, 3.8) is 0 Å². The van der Waals surface area contributed by atoms with Crippen LogP contribution in [0.1, 0.15) is 26.5 Å². The fraction of sp³-hybridized carbons (Fsp3) is 0.0714. The molecule has 1 N–H and O–H groups in total. The van der Waals surface area contributed by atoms with Gasteiger partial charge >= 0.3 is 0 Å². The van der Waals surface area contributed by atoms with Crippen molar-refractivity contribution in [2.24, 2.45) is 0 Å². The summed E-state index contributed by atoms with van der Waals surface area (Å²) in [4.78, 5) is 41.4. The second-order valence-electron chi connectivity index (χ2n) is 4.69. The summed E-state index contributed by atoms with van der Waals surface area (Å²) in [7, 11) is 0. The lowest BCUT2D eigenvalue weighted by Crippen LogP contribution is -2.30. The molecule has 21 heavy (non-hydrogen) atoms. The Hall–Kier alpha value is -3.09. The number of amides is 2. The van der Waals surface area contributed by atoms with Gasteiger partial charge < -0.3 is 4.98 Å². The van der Waals surface area contributed by atoms with Gasteiger partial charge in [0.15, 0.2) is 11.5 Å². The molecule has 0 spiro atoms. The molecule has 102 valence electrons. The smallest absolute Gasteiger partial charge is 0.267 e. The third-order valence-electron chi connectivity index (χ3n) is 3.38. The van der Waals surface area contributed by atoms with E-state index in [9.17, 15) is 9.59 Å². The number of nitrogens with one attached hydrogen (secondary N) is 1. The first-order valence-corrected chi connectivity index (χ1v) is 6.32. The molecule has 1 aliphatic rings. The summed E-state index contributed by atoms with van der Waals surface area (Å²) in [6.07, 6.45) is 1.46. The number of aryl methyl sites for hydroxylation is 1. The number of hydrogen-bond donors (Lipinski definition) is 1. The van der Waals surface area contributed by atoms with Crippen molar-refractivity contribution in [2.75, 3.05) is 4.90 Å². The Morgan fingerprint density at radius 2 is 1.71 bits per heavy atom. The summed E-state index contributed by atoms with van der Waals surface area (Å²) in [5.74, 6) is -0.0865. The molecule has 0 fully saturated rings. The standard InChI is InChI=1S/C14H9N5O2/c1-7-17-11-10(15-6-16-11)12(18-7)19-13(20)8-4-2-3-5-9(8)14(19)21/h2-6H,1H3,(H,15,16,17,18). The van der Waals surface area contributed by atoms with Crippen molar-refractivity contribution in [1.82, 2.24) is 19.9 Å². The number of imidazole rings is 1. The second kappa shape index (κ2) is 3.95. The number of aromatic amines is 1. The molecule has 4 rings (SSSR count). The maximum Gasteiger partial charge on any atom is 0.267 e. The molecule has 0 atom stereocenters. The molecule has 0 saturated carbocycles. The summed E-state index contributed by atoms with van der Waals surface area (Å²) < 4.78 is 0. The molecule has 3 aromatic rings. The number of carbonyl (C=O) groups is 2. The first-order chi connectivity index (χ1) is 10.2. The number of imide groups is 1. The minimum atomic E-state index is -0.385. The van der Waals surface area contributed by atoms with Crippen LogP contribution < -0.4 is 4.90 Å². The predicted molar refractivity (Wildman–Crippen MR) is 74.0 cm³/mol. The van der Waals surface area contributed by atoms with E-state index in [0.717, 1.165) is 4.90 Å². The van der Waals surface area contributed by atoms with E-state index >= 15 is 0 Å². The number of carbonyl (C=O) groups excluding carboxylic acids is 2. The number of hydrogen-bond acceptors (Lipinski definition) is 5. The van der Waals surface area contributed by atoms with Crippen molar-refractivity contribution in [3.05, 3.63) is 47.5 Å². The molecule has 3 heterocycles. The Kier molecular flexibility index (Phi) is 2.20. The molecule has 2 amide bonds. The van der Waals surface area contributed by atoms with Crippen molar-refractivity contribution in [1.29, 1.82) is 0 Å². The van der Waals surface area contributed by atoms with Crippen molar-refractivity contribution in [2.45, 2.75) is 6.92 Å². The van der Waals surface area contributed by atoms with E-state index in [4.69, 9.17) is 0 Å². The molecule has 0 aliphatic carbocycles. The summed E-state index contributed by atoms with van der Waals surface area (Å²) in [6.45, 7) is 1.69. The predicted octanol–water partition coefficient (Wildman–Crippen LogP) is 1.46. The summed E-state index contributed by atoms with van der Waals surface area (Å²) in [5, 5.41) is 0. The van der Waals surface area contributed by atoms with Crippen LogP contribution >= 0.6 is 0 Å². The van der Waals surface area contributed by atoms with Crippen LogP contribution in [0.5, 0.6) is 0 Å². The maximum atomic E-state index is 12.5. The summed E-state index contributed by atoms with van der Waals surface area (Å²) in [5.41, 5.74) is 1.65. The Morgan fingerprint density at radius 3 is 2.38 bits per heavy atom. The minimum Gasteiger partial charge on any atom is -0.340 e. The molecule has 0 radical (unpaired) electrons. The topological polar surface area (TPSA) is 91.8 Å². The molecule has 0 saturated heterocycles. The van der Waals surface area contributed by atoms with Gasteiger partial charge in [0.1, 0.15) is 11.3 Å². The van der Waals surface area contributed by atoms with Crippen LogP contribution in [0.4, 0.5) is 5.82 Å². The monoisotopic (exact) mass is 279 g/mol. The number of fused-ring (bicyclic) bond motifs is 2. The van der Waals surface area contributed by atoms with E-state index in [1.807, 2.05) is 0 Å². The minimum absolute atomic E-state index is 0.237. The summed E-state index contributed by atoms with van der Waals surface area (Å²) in [6, 6.07) is 6.72. The van der Waals surface area contributed by atoms with Crippen LogP contribution in [0.25, 0.3) is 11.2 Å². The fourth-order valence-electron chi connectivity index (χ4n) is 2.47. The third kappa shape index (κ3) is 1.51. The molecular formula is C14H9N5O2. The zero-order chi connectivity index (χ0) is 14.6. The van der Waals surface area contributed by atoms with E-state index in [0.29, 0.717) is 28.1 Å².